The molecule has 0 unspecified atom stereocenters. The summed E-state index contributed by atoms with van der Waals surface area (Å²) in [6, 6.07) is 0. The van der Waals surface area contributed by atoms with E-state index in [1.807, 2.05) is 6.92 Å². The van der Waals surface area contributed by atoms with Gasteiger partial charge in [-0.1, -0.05) is 84.0 Å². The number of ketones is 1. The summed E-state index contributed by atoms with van der Waals surface area (Å²) in [5.41, 5.74) is 0. The van der Waals surface area contributed by atoms with E-state index in [0.717, 1.165) is 44.9 Å². The van der Waals surface area contributed by atoms with Crippen LogP contribution in [0.3, 0.4) is 0 Å². The van der Waals surface area contributed by atoms with E-state index in [1.54, 1.807) is 0 Å². The predicted octanol–water partition coefficient (Wildman–Crippen LogP) is 6.30. The summed E-state index contributed by atoms with van der Waals surface area (Å²) in [5.74, 6) is -2.74. The van der Waals surface area contributed by atoms with Crippen molar-refractivity contribution in [1.29, 1.82) is 0 Å². The van der Waals surface area contributed by atoms with E-state index in [0.29, 0.717) is 32.6 Å². The summed E-state index contributed by atoms with van der Waals surface area (Å²) < 4.78 is 5.29. The summed E-state index contributed by atoms with van der Waals surface area (Å²) in [4.78, 5) is 46.0. The van der Waals surface area contributed by atoms with Crippen molar-refractivity contribution in [1.82, 2.24) is 5.32 Å². The molecule has 0 aliphatic carbocycles. The molecule has 216 valence electrons. The zero-order valence-electron chi connectivity index (χ0n) is 23.3. The minimum Gasteiger partial charge on any atom is -0.481 e. The van der Waals surface area contributed by atoms with Crippen molar-refractivity contribution < 1.29 is 34.1 Å². The van der Waals surface area contributed by atoms with Gasteiger partial charge >= 0.3 is 11.9 Å². The van der Waals surface area contributed by atoms with Crippen LogP contribution in [-0.2, 0) is 23.9 Å². The Hall–Kier alpha value is -1.96. The van der Waals surface area contributed by atoms with Crippen LogP contribution in [0, 0.1) is 5.92 Å². The molecule has 0 heterocycles. The smallest absolute Gasteiger partial charge is 0.306 e. The van der Waals surface area contributed by atoms with Gasteiger partial charge in [0.15, 0.2) is 0 Å². The van der Waals surface area contributed by atoms with Gasteiger partial charge in [0.25, 0.3) is 0 Å². The first kappa shape index (κ1) is 35.0. The summed E-state index contributed by atoms with van der Waals surface area (Å²) in [6.07, 6.45) is 17.6. The van der Waals surface area contributed by atoms with E-state index in [4.69, 9.17) is 9.84 Å². The third-order valence-electron chi connectivity index (χ3n) is 6.56. The molecule has 0 rings (SSSR count). The van der Waals surface area contributed by atoms with Gasteiger partial charge in [-0.2, -0.15) is 0 Å². The van der Waals surface area contributed by atoms with Crippen LogP contribution in [0.15, 0.2) is 0 Å². The SMILES string of the molecule is CCCOCCNC(=O)CC[C@H](CC(=O)CCCCCCCCCCCCCCCCC(=O)O)C(=O)O. The van der Waals surface area contributed by atoms with Crippen LogP contribution in [-0.4, -0.2) is 53.6 Å². The highest BCUT2D eigenvalue weighted by molar-refractivity contribution is 5.84. The first-order valence-corrected chi connectivity index (χ1v) is 14.7. The number of hydrogen-bond donors (Lipinski definition) is 3. The second-order valence-electron chi connectivity index (χ2n) is 10.1. The number of carboxylic acid groups (broad SMARTS) is 2. The molecule has 1 amide bonds. The van der Waals surface area contributed by atoms with Gasteiger partial charge in [-0.05, 0) is 25.7 Å². The van der Waals surface area contributed by atoms with E-state index in [9.17, 15) is 24.3 Å². The molecule has 0 radical (unpaired) electrons. The van der Waals surface area contributed by atoms with Crippen LogP contribution < -0.4 is 5.32 Å². The Labute approximate surface area is 224 Å². The number of unbranched alkanes of at least 4 members (excludes halogenated alkanes) is 13. The van der Waals surface area contributed by atoms with Crippen molar-refractivity contribution in [3.05, 3.63) is 0 Å². The highest BCUT2D eigenvalue weighted by Gasteiger charge is 2.22. The average Bonchev–Trinajstić information content (AvgIpc) is 2.85. The molecule has 0 aromatic rings. The van der Waals surface area contributed by atoms with Crippen molar-refractivity contribution >= 4 is 23.6 Å². The van der Waals surface area contributed by atoms with Crippen LogP contribution in [0.25, 0.3) is 0 Å². The summed E-state index contributed by atoms with van der Waals surface area (Å²) in [7, 11) is 0. The maximum absolute atomic E-state index is 12.2. The monoisotopic (exact) mass is 527 g/mol. The standard InChI is InChI=1S/C29H53NO7/c1-2-22-37-23-21-30-27(32)20-19-25(29(35)36)24-26(31)17-15-13-11-9-7-5-3-4-6-8-10-12-14-16-18-28(33)34/h25H,2-24H2,1H3,(H,30,32)(H,33,34)(H,35,36)/t25-/m1/s1. The largest absolute Gasteiger partial charge is 0.481 e. The fraction of sp³-hybridized carbons (Fsp3) is 0.862. The van der Waals surface area contributed by atoms with Crippen molar-refractivity contribution in [3.63, 3.8) is 0 Å². The second kappa shape index (κ2) is 25.7. The van der Waals surface area contributed by atoms with E-state index in [1.165, 1.54) is 51.4 Å². The molecule has 0 aromatic carbocycles. The highest BCUT2D eigenvalue weighted by Crippen LogP contribution is 2.17. The van der Waals surface area contributed by atoms with Crippen LogP contribution in [0.4, 0.5) is 0 Å². The third-order valence-corrected chi connectivity index (χ3v) is 6.56. The molecule has 8 heteroatoms. The minimum absolute atomic E-state index is 0.00452. The average molecular weight is 528 g/mol. The topological polar surface area (TPSA) is 130 Å². The van der Waals surface area contributed by atoms with Crippen LogP contribution in [0.5, 0.6) is 0 Å². The lowest BCUT2D eigenvalue weighted by Gasteiger charge is -2.12. The Bertz CT molecular complexity index is 609. The maximum atomic E-state index is 12.2. The Morgan fingerprint density at radius 3 is 1.62 bits per heavy atom. The normalized spacial score (nSPS) is 11.8. The van der Waals surface area contributed by atoms with Crippen LogP contribution in [0.1, 0.15) is 135 Å². The third kappa shape index (κ3) is 25.5. The number of carbonyl (C=O) groups excluding carboxylic acids is 2. The molecular weight excluding hydrogens is 474 g/mol. The molecule has 0 saturated carbocycles. The van der Waals surface area contributed by atoms with Gasteiger partial charge in [0.1, 0.15) is 5.78 Å². The van der Waals surface area contributed by atoms with E-state index in [2.05, 4.69) is 5.32 Å². The number of Topliss-reactive ketones (excluding diaryl/α,β-unsaturated/α-hetero) is 1. The molecule has 0 bridgehead atoms. The Kier molecular flexibility index (Phi) is 24.3. The van der Waals surface area contributed by atoms with E-state index >= 15 is 0 Å². The lowest BCUT2D eigenvalue weighted by molar-refractivity contribution is -0.144. The summed E-state index contributed by atoms with van der Waals surface area (Å²) in [6.45, 7) is 3.52. The first-order chi connectivity index (χ1) is 17.9. The van der Waals surface area contributed by atoms with Crippen molar-refractivity contribution in [2.75, 3.05) is 19.8 Å². The predicted molar refractivity (Wildman–Crippen MR) is 146 cm³/mol. The quantitative estimate of drug-likeness (QED) is 0.102. The molecular formula is C29H53NO7. The second-order valence-corrected chi connectivity index (χ2v) is 10.1. The lowest BCUT2D eigenvalue weighted by atomic mass is 9.94. The number of carbonyl (C=O) groups is 4. The molecule has 0 aliphatic heterocycles. The number of ether oxygens (including phenoxy) is 1. The molecule has 0 aliphatic rings. The van der Waals surface area contributed by atoms with E-state index < -0.39 is 17.9 Å². The number of hydrogen-bond acceptors (Lipinski definition) is 5. The number of rotatable bonds is 28. The molecule has 0 aromatic heterocycles. The Balaban J connectivity index is 3.62. The number of amides is 1. The van der Waals surface area contributed by atoms with Gasteiger partial charge in [-0.15, -0.1) is 0 Å². The van der Waals surface area contributed by atoms with Gasteiger partial charge in [0.05, 0.1) is 12.5 Å². The zero-order valence-corrected chi connectivity index (χ0v) is 23.3. The van der Waals surface area contributed by atoms with Gasteiger partial charge < -0.3 is 20.3 Å². The fourth-order valence-electron chi connectivity index (χ4n) is 4.31. The highest BCUT2D eigenvalue weighted by atomic mass is 16.5. The molecule has 3 N–H and O–H groups in total. The molecule has 37 heavy (non-hydrogen) atoms. The van der Waals surface area contributed by atoms with Crippen LogP contribution >= 0.6 is 0 Å². The number of aliphatic carboxylic acids is 2. The first-order valence-electron chi connectivity index (χ1n) is 14.7. The molecule has 0 fully saturated rings. The van der Waals surface area contributed by atoms with Crippen molar-refractivity contribution in [2.45, 2.75) is 135 Å². The van der Waals surface area contributed by atoms with Crippen molar-refractivity contribution in [3.8, 4) is 0 Å². The number of carboxylic acids is 2. The Morgan fingerprint density at radius 2 is 1.16 bits per heavy atom. The molecule has 8 nitrogen and oxygen atoms in total. The maximum Gasteiger partial charge on any atom is 0.306 e. The molecule has 0 spiro atoms. The fourth-order valence-corrected chi connectivity index (χ4v) is 4.31. The summed E-state index contributed by atoms with van der Waals surface area (Å²) >= 11 is 0. The Morgan fingerprint density at radius 1 is 0.676 bits per heavy atom. The van der Waals surface area contributed by atoms with Crippen LogP contribution in [0.2, 0.25) is 0 Å². The van der Waals surface area contributed by atoms with Gasteiger partial charge in [-0.25, -0.2) is 0 Å². The van der Waals surface area contributed by atoms with Gasteiger partial charge in [-0.3, -0.25) is 19.2 Å². The van der Waals surface area contributed by atoms with Gasteiger partial charge in [0, 0.05) is 38.8 Å². The minimum atomic E-state index is -1.01. The molecule has 0 saturated heterocycles. The molecule has 1 atom stereocenters. The zero-order chi connectivity index (χ0) is 27.6. The number of nitrogens with one attached hydrogen (secondary N) is 1. The van der Waals surface area contributed by atoms with Gasteiger partial charge in [0.2, 0.25) is 5.91 Å². The van der Waals surface area contributed by atoms with Crippen molar-refractivity contribution in [2.24, 2.45) is 5.92 Å². The lowest BCUT2D eigenvalue weighted by Crippen LogP contribution is -2.28. The summed E-state index contributed by atoms with van der Waals surface area (Å²) in [5, 5.41) is 20.7. The van der Waals surface area contributed by atoms with E-state index in [-0.39, 0.29) is 31.0 Å².